The summed E-state index contributed by atoms with van der Waals surface area (Å²) in [6.45, 7) is 4.05. The molecule has 144 valence electrons. The zero-order valence-electron chi connectivity index (χ0n) is 15.0. The van der Waals surface area contributed by atoms with Crippen molar-refractivity contribution in [3.63, 3.8) is 0 Å². The van der Waals surface area contributed by atoms with Gasteiger partial charge in [-0.3, -0.25) is 4.79 Å². The topological polar surface area (TPSA) is 78.5 Å². The summed E-state index contributed by atoms with van der Waals surface area (Å²) < 4.78 is 27.6. The fraction of sp³-hybridized carbons (Fsp3) is 0.611. The SMILES string of the molecule is Cc1c(Cl)cccc1S(=O)(=O)N1CCCC(CNC(=O)C2CCCN2)C1. The van der Waals surface area contributed by atoms with Gasteiger partial charge in [0.05, 0.1) is 10.9 Å². The number of rotatable bonds is 5. The molecule has 2 saturated heterocycles. The van der Waals surface area contributed by atoms with Crippen LogP contribution in [-0.4, -0.2) is 50.9 Å². The molecule has 0 saturated carbocycles. The second-order valence-corrected chi connectivity index (χ2v) is 9.44. The van der Waals surface area contributed by atoms with Crippen molar-refractivity contribution < 1.29 is 13.2 Å². The van der Waals surface area contributed by atoms with Crippen molar-refractivity contribution in [1.82, 2.24) is 14.9 Å². The molecule has 1 amide bonds. The number of halogens is 1. The van der Waals surface area contributed by atoms with E-state index in [0.717, 1.165) is 32.2 Å². The van der Waals surface area contributed by atoms with E-state index in [1.807, 2.05) is 0 Å². The molecule has 2 aliphatic heterocycles. The van der Waals surface area contributed by atoms with E-state index in [1.54, 1.807) is 25.1 Å². The average molecular weight is 400 g/mol. The summed E-state index contributed by atoms with van der Waals surface area (Å²) in [5, 5.41) is 6.62. The van der Waals surface area contributed by atoms with Crippen molar-refractivity contribution in [2.45, 2.75) is 43.5 Å². The normalized spacial score (nSPS) is 24.5. The number of hydrogen-bond acceptors (Lipinski definition) is 4. The predicted molar refractivity (Wildman–Crippen MR) is 102 cm³/mol. The summed E-state index contributed by atoms with van der Waals surface area (Å²) in [5.74, 6) is 0.150. The maximum absolute atomic E-state index is 13.0. The van der Waals surface area contributed by atoms with Gasteiger partial charge in [-0.2, -0.15) is 4.31 Å². The number of nitrogens with one attached hydrogen (secondary N) is 2. The largest absolute Gasteiger partial charge is 0.354 e. The summed E-state index contributed by atoms with van der Waals surface area (Å²) in [7, 11) is -3.58. The zero-order chi connectivity index (χ0) is 18.7. The van der Waals surface area contributed by atoms with E-state index in [4.69, 9.17) is 11.6 Å². The summed E-state index contributed by atoms with van der Waals surface area (Å²) in [4.78, 5) is 12.4. The molecule has 0 bridgehead atoms. The Labute approximate surface area is 160 Å². The van der Waals surface area contributed by atoms with E-state index in [-0.39, 0.29) is 22.8 Å². The number of piperidine rings is 1. The zero-order valence-corrected chi connectivity index (χ0v) is 16.6. The molecule has 2 fully saturated rings. The number of nitrogens with zero attached hydrogens (tertiary/aromatic N) is 1. The van der Waals surface area contributed by atoms with Crippen molar-refractivity contribution in [3.05, 3.63) is 28.8 Å². The lowest BCUT2D eigenvalue weighted by molar-refractivity contribution is -0.123. The molecule has 2 N–H and O–H groups in total. The fourth-order valence-corrected chi connectivity index (χ4v) is 5.73. The van der Waals surface area contributed by atoms with Gasteiger partial charge < -0.3 is 10.6 Å². The number of sulfonamides is 1. The Morgan fingerprint density at radius 2 is 2.15 bits per heavy atom. The van der Waals surface area contributed by atoms with Crippen LogP contribution in [0.15, 0.2) is 23.1 Å². The van der Waals surface area contributed by atoms with E-state index in [9.17, 15) is 13.2 Å². The first-order valence-electron chi connectivity index (χ1n) is 9.16. The summed E-state index contributed by atoms with van der Waals surface area (Å²) in [6, 6.07) is 4.86. The highest BCUT2D eigenvalue weighted by molar-refractivity contribution is 7.89. The molecule has 26 heavy (non-hydrogen) atoms. The van der Waals surface area contributed by atoms with Crippen LogP contribution in [0.2, 0.25) is 5.02 Å². The van der Waals surface area contributed by atoms with Gasteiger partial charge in [0.25, 0.3) is 0 Å². The van der Waals surface area contributed by atoms with Gasteiger partial charge in [-0.05, 0) is 62.8 Å². The molecule has 2 heterocycles. The summed E-state index contributed by atoms with van der Waals surface area (Å²) >= 11 is 6.10. The number of benzene rings is 1. The van der Waals surface area contributed by atoms with Crippen LogP contribution in [0.3, 0.4) is 0 Å². The highest BCUT2D eigenvalue weighted by atomic mass is 35.5. The van der Waals surface area contributed by atoms with Gasteiger partial charge in [-0.25, -0.2) is 8.42 Å². The lowest BCUT2D eigenvalue weighted by Gasteiger charge is -2.32. The van der Waals surface area contributed by atoms with Crippen LogP contribution in [0.1, 0.15) is 31.2 Å². The third-order valence-electron chi connectivity index (χ3n) is 5.26. The predicted octanol–water partition coefficient (Wildman–Crippen LogP) is 1.92. The highest BCUT2D eigenvalue weighted by Gasteiger charge is 2.32. The molecule has 2 atom stereocenters. The van der Waals surface area contributed by atoms with Crippen LogP contribution in [-0.2, 0) is 14.8 Å². The van der Waals surface area contributed by atoms with E-state index < -0.39 is 10.0 Å². The van der Waals surface area contributed by atoms with E-state index in [0.29, 0.717) is 30.2 Å². The molecular weight excluding hydrogens is 374 g/mol. The van der Waals surface area contributed by atoms with Gasteiger partial charge in [-0.15, -0.1) is 0 Å². The quantitative estimate of drug-likeness (QED) is 0.792. The van der Waals surface area contributed by atoms with Crippen LogP contribution in [0, 0.1) is 12.8 Å². The van der Waals surface area contributed by atoms with E-state index in [2.05, 4.69) is 10.6 Å². The molecule has 1 aromatic carbocycles. The highest BCUT2D eigenvalue weighted by Crippen LogP contribution is 2.28. The Bertz CT molecular complexity index is 763. The molecule has 1 aromatic rings. The second kappa shape index (κ2) is 8.25. The molecule has 0 radical (unpaired) electrons. The minimum absolute atomic E-state index is 0.0215. The molecule has 2 unspecified atom stereocenters. The van der Waals surface area contributed by atoms with Gasteiger partial charge >= 0.3 is 0 Å². The van der Waals surface area contributed by atoms with Crippen LogP contribution < -0.4 is 10.6 Å². The third-order valence-corrected chi connectivity index (χ3v) is 7.68. The standard InChI is InChI=1S/C18H26ClN3O3S/c1-13-15(19)6-2-8-17(13)26(24,25)22-10-4-5-14(12-22)11-21-18(23)16-7-3-9-20-16/h2,6,8,14,16,20H,3-5,7,9-12H2,1H3,(H,21,23). The minimum Gasteiger partial charge on any atom is -0.354 e. The van der Waals surface area contributed by atoms with Gasteiger partial charge in [0.1, 0.15) is 0 Å². The van der Waals surface area contributed by atoms with Crippen LogP contribution in [0.5, 0.6) is 0 Å². The van der Waals surface area contributed by atoms with E-state index >= 15 is 0 Å². The number of carbonyl (C=O) groups is 1. The first-order chi connectivity index (χ1) is 12.4. The first kappa shape index (κ1) is 19.6. The van der Waals surface area contributed by atoms with Gasteiger partial charge in [-0.1, -0.05) is 17.7 Å². The average Bonchev–Trinajstić information content (AvgIpc) is 3.17. The van der Waals surface area contributed by atoms with Crippen molar-refractivity contribution in [2.24, 2.45) is 5.92 Å². The second-order valence-electron chi connectivity index (χ2n) is 7.13. The summed E-state index contributed by atoms with van der Waals surface area (Å²) in [5.41, 5.74) is 0.580. The molecule has 0 aliphatic carbocycles. The Morgan fingerprint density at radius 1 is 1.35 bits per heavy atom. The van der Waals surface area contributed by atoms with E-state index in [1.165, 1.54) is 4.31 Å². The monoisotopic (exact) mass is 399 g/mol. The van der Waals surface area contributed by atoms with Crippen LogP contribution >= 0.6 is 11.6 Å². The summed E-state index contributed by atoms with van der Waals surface area (Å²) in [6.07, 6.45) is 3.59. The molecule has 0 spiro atoms. The molecule has 0 aromatic heterocycles. The molecular formula is C18H26ClN3O3S. The number of hydrogen-bond donors (Lipinski definition) is 2. The maximum Gasteiger partial charge on any atom is 0.243 e. The van der Waals surface area contributed by atoms with Crippen LogP contribution in [0.25, 0.3) is 0 Å². The number of amides is 1. The van der Waals surface area contributed by atoms with Crippen molar-refractivity contribution in [3.8, 4) is 0 Å². The van der Waals surface area contributed by atoms with Gasteiger partial charge in [0.2, 0.25) is 15.9 Å². The first-order valence-corrected chi connectivity index (χ1v) is 11.0. The molecule has 3 rings (SSSR count). The van der Waals surface area contributed by atoms with Crippen molar-refractivity contribution >= 4 is 27.5 Å². The maximum atomic E-state index is 13.0. The molecule has 8 heteroatoms. The van der Waals surface area contributed by atoms with Crippen LogP contribution in [0.4, 0.5) is 0 Å². The smallest absolute Gasteiger partial charge is 0.243 e. The van der Waals surface area contributed by atoms with Crippen molar-refractivity contribution in [2.75, 3.05) is 26.2 Å². The van der Waals surface area contributed by atoms with Gasteiger partial charge in [0, 0.05) is 24.7 Å². The lowest BCUT2D eigenvalue weighted by Crippen LogP contribution is -2.46. The fourth-order valence-electron chi connectivity index (χ4n) is 3.69. The number of carbonyl (C=O) groups excluding carboxylic acids is 1. The molecule has 6 nitrogen and oxygen atoms in total. The van der Waals surface area contributed by atoms with Crippen molar-refractivity contribution in [1.29, 1.82) is 0 Å². The Morgan fingerprint density at radius 3 is 2.88 bits per heavy atom. The Hall–Kier alpha value is -1.15. The Balaban J connectivity index is 1.64. The van der Waals surface area contributed by atoms with Gasteiger partial charge in [0.15, 0.2) is 0 Å². The molecule has 2 aliphatic rings. The Kier molecular flexibility index (Phi) is 6.22. The third kappa shape index (κ3) is 4.22. The lowest BCUT2D eigenvalue weighted by atomic mass is 9.99. The minimum atomic E-state index is -3.58.